The molecule has 1 fully saturated rings. The van der Waals surface area contributed by atoms with Crippen LogP contribution in [0.2, 0.25) is 0 Å². The number of nitrogens with zero attached hydrogens (tertiary/aromatic N) is 4. The van der Waals surface area contributed by atoms with Crippen LogP contribution in [-0.2, 0) is 6.18 Å². The minimum atomic E-state index is -4.75. The Kier molecular flexibility index (Phi) is 6.70. The lowest BCUT2D eigenvalue weighted by molar-refractivity contribution is -0.137. The van der Waals surface area contributed by atoms with Crippen molar-refractivity contribution >= 4 is 5.69 Å². The zero-order chi connectivity index (χ0) is 27.0. The van der Waals surface area contributed by atoms with Gasteiger partial charge in [0.1, 0.15) is 0 Å². The van der Waals surface area contributed by atoms with Crippen LogP contribution in [0.15, 0.2) is 64.3 Å². The molecule has 0 amide bonds. The molecule has 2 aromatic carbocycles. The molecule has 4 aromatic rings. The summed E-state index contributed by atoms with van der Waals surface area (Å²) in [5.41, 5.74) is 0.533. The Balaban J connectivity index is 1.72. The third kappa shape index (κ3) is 5.01. The summed E-state index contributed by atoms with van der Waals surface area (Å²) in [6.07, 6.45) is -1.97. The van der Waals surface area contributed by atoms with Gasteiger partial charge in [-0.25, -0.2) is 4.98 Å². The number of aryl methyl sites for hydroxylation is 1. The maximum absolute atomic E-state index is 14.1. The Labute approximate surface area is 215 Å². The summed E-state index contributed by atoms with van der Waals surface area (Å²) < 4.78 is 54.1. The molecule has 8 nitrogen and oxygen atoms in total. The van der Waals surface area contributed by atoms with Gasteiger partial charge in [-0.2, -0.15) is 23.0 Å². The van der Waals surface area contributed by atoms with E-state index in [-0.39, 0.29) is 24.6 Å². The molecule has 1 saturated heterocycles. The lowest BCUT2D eigenvalue weighted by Gasteiger charge is -2.22. The monoisotopic (exact) mass is 526 g/mol. The summed E-state index contributed by atoms with van der Waals surface area (Å²) in [7, 11) is 0. The molecule has 1 N–H and O–H groups in total. The van der Waals surface area contributed by atoms with Crippen molar-refractivity contribution < 1.29 is 27.4 Å². The van der Waals surface area contributed by atoms with Crippen molar-refractivity contribution in [3.05, 3.63) is 76.5 Å². The first-order chi connectivity index (χ1) is 18.1. The van der Waals surface area contributed by atoms with E-state index in [2.05, 4.69) is 10.1 Å². The first kappa shape index (κ1) is 25.5. The van der Waals surface area contributed by atoms with Crippen molar-refractivity contribution in [3.63, 3.8) is 0 Å². The van der Waals surface area contributed by atoms with Crippen LogP contribution < -0.4 is 15.2 Å². The minimum Gasteiger partial charge on any atom is -0.488 e. The van der Waals surface area contributed by atoms with Crippen LogP contribution in [0, 0.1) is 6.92 Å². The SMILES string of the molecule is CCOc1cc(-c2cc(C)cc(-c3cnco3)c2)nn(-c2cc(N3CC[C@H](O)C3)ccc2C(F)(F)F)c1=O. The van der Waals surface area contributed by atoms with Crippen LogP contribution in [0.1, 0.15) is 24.5 Å². The van der Waals surface area contributed by atoms with Gasteiger partial charge in [-0.05, 0) is 62.2 Å². The van der Waals surface area contributed by atoms with Gasteiger partial charge < -0.3 is 19.2 Å². The van der Waals surface area contributed by atoms with Crippen LogP contribution in [0.5, 0.6) is 5.75 Å². The number of hydrogen-bond donors (Lipinski definition) is 1. The zero-order valence-corrected chi connectivity index (χ0v) is 20.7. The molecule has 198 valence electrons. The second-order valence-corrected chi connectivity index (χ2v) is 9.08. The van der Waals surface area contributed by atoms with Gasteiger partial charge in [0.2, 0.25) is 0 Å². The predicted molar refractivity (Wildman–Crippen MR) is 135 cm³/mol. The molecule has 2 aromatic heterocycles. The standard InChI is InChI=1S/C27H25F3N4O4/c1-3-37-24-12-22(17-8-16(2)9-18(10-17)25-13-31-15-38-25)32-34(26(24)36)23-11-19(33-7-6-20(35)14-33)4-5-21(23)27(28,29)30/h4-5,8-13,15,20,35H,3,6-7,14H2,1-2H3/t20-/m0/s1. The molecule has 0 bridgehead atoms. The summed E-state index contributed by atoms with van der Waals surface area (Å²) in [6, 6.07) is 10.4. The second kappa shape index (κ2) is 9.97. The molecule has 1 aliphatic rings. The van der Waals surface area contributed by atoms with Gasteiger partial charge in [0.25, 0.3) is 0 Å². The second-order valence-electron chi connectivity index (χ2n) is 9.08. The normalized spacial score (nSPS) is 15.7. The summed E-state index contributed by atoms with van der Waals surface area (Å²) in [5.74, 6) is 0.378. The highest BCUT2D eigenvalue weighted by Crippen LogP contribution is 2.37. The Hall–Kier alpha value is -4.12. The highest BCUT2D eigenvalue weighted by Gasteiger charge is 2.36. The molecule has 1 atom stereocenters. The van der Waals surface area contributed by atoms with Gasteiger partial charge in [0.05, 0.1) is 35.9 Å². The van der Waals surface area contributed by atoms with Gasteiger partial charge in [0.15, 0.2) is 17.9 Å². The molecular formula is C27H25F3N4O4. The van der Waals surface area contributed by atoms with Crippen molar-refractivity contribution in [2.24, 2.45) is 0 Å². The molecule has 5 rings (SSSR count). The Morgan fingerprint density at radius 2 is 1.95 bits per heavy atom. The lowest BCUT2D eigenvalue weighted by atomic mass is 10.0. The van der Waals surface area contributed by atoms with Crippen LogP contribution in [-0.4, -0.2) is 45.7 Å². The average Bonchev–Trinajstić information content (AvgIpc) is 3.56. The van der Waals surface area contributed by atoms with E-state index in [0.717, 1.165) is 16.3 Å². The van der Waals surface area contributed by atoms with E-state index in [1.54, 1.807) is 30.2 Å². The summed E-state index contributed by atoms with van der Waals surface area (Å²) in [5, 5.41) is 14.3. The number of aliphatic hydroxyl groups is 1. The van der Waals surface area contributed by atoms with Gasteiger partial charge in [-0.15, -0.1) is 0 Å². The van der Waals surface area contributed by atoms with Crippen LogP contribution >= 0.6 is 0 Å². The number of alkyl halides is 3. The average molecular weight is 527 g/mol. The first-order valence-electron chi connectivity index (χ1n) is 12.1. The number of anilines is 1. The van der Waals surface area contributed by atoms with Crippen molar-refractivity contribution in [1.82, 2.24) is 14.8 Å². The fraction of sp³-hybridized carbons (Fsp3) is 0.296. The van der Waals surface area contributed by atoms with Crippen LogP contribution in [0.25, 0.3) is 28.3 Å². The molecule has 0 radical (unpaired) electrons. The largest absolute Gasteiger partial charge is 0.488 e. The molecule has 3 heterocycles. The van der Waals surface area contributed by atoms with E-state index in [0.29, 0.717) is 35.5 Å². The van der Waals surface area contributed by atoms with E-state index in [1.165, 1.54) is 24.6 Å². The van der Waals surface area contributed by atoms with Gasteiger partial charge in [0, 0.05) is 36.0 Å². The van der Waals surface area contributed by atoms with Crippen molar-refractivity contribution in [2.75, 3.05) is 24.6 Å². The Bertz CT molecular complexity index is 1520. The molecule has 1 aliphatic heterocycles. The maximum atomic E-state index is 14.1. The number of hydrogen-bond acceptors (Lipinski definition) is 7. The predicted octanol–water partition coefficient (Wildman–Crippen LogP) is 4.85. The fourth-order valence-electron chi connectivity index (χ4n) is 4.58. The Morgan fingerprint density at radius 3 is 2.61 bits per heavy atom. The smallest absolute Gasteiger partial charge is 0.418 e. The fourth-order valence-corrected chi connectivity index (χ4v) is 4.58. The molecule has 0 aliphatic carbocycles. The molecule has 0 spiro atoms. The third-order valence-electron chi connectivity index (χ3n) is 6.31. The third-order valence-corrected chi connectivity index (χ3v) is 6.31. The van der Waals surface area contributed by atoms with Gasteiger partial charge in [-0.3, -0.25) is 4.79 Å². The molecule has 11 heteroatoms. The van der Waals surface area contributed by atoms with Gasteiger partial charge in [-0.1, -0.05) is 0 Å². The van der Waals surface area contributed by atoms with Gasteiger partial charge >= 0.3 is 11.7 Å². The topological polar surface area (TPSA) is 93.6 Å². The maximum Gasteiger partial charge on any atom is 0.418 e. The number of rotatable bonds is 6. The molecule has 0 unspecified atom stereocenters. The number of oxazole rings is 1. The quantitative estimate of drug-likeness (QED) is 0.384. The lowest BCUT2D eigenvalue weighted by Crippen LogP contribution is -2.27. The van der Waals surface area contributed by atoms with E-state index >= 15 is 0 Å². The number of aromatic nitrogens is 3. The number of ether oxygens (including phenoxy) is 1. The number of halogens is 3. The Morgan fingerprint density at radius 1 is 1.16 bits per heavy atom. The number of β-amino-alcohol motifs (C(OH)–C–C–N with tert-alkyl or cyclic N) is 1. The van der Waals surface area contributed by atoms with E-state index < -0.39 is 29.1 Å². The zero-order valence-electron chi connectivity index (χ0n) is 20.7. The number of aliphatic hydroxyl groups excluding tert-OH is 1. The summed E-state index contributed by atoms with van der Waals surface area (Å²) in [6.45, 7) is 4.43. The number of benzene rings is 2. The van der Waals surface area contributed by atoms with Crippen LogP contribution in [0.4, 0.5) is 18.9 Å². The van der Waals surface area contributed by atoms with Crippen molar-refractivity contribution in [2.45, 2.75) is 32.5 Å². The molecule has 0 saturated carbocycles. The highest BCUT2D eigenvalue weighted by molar-refractivity contribution is 5.70. The van der Waals surface area contributed by atoms with E-state index in [1.807, 2.05) is 13.0 Å². The van der Waals surface area contributed by atoms with Crippen molar-refractivity contribution in [1.29, 1.82) is 0 Å². The molecular weight excluding hydrogens is 501 g/mol. The minimum absolute atomic E-state index is 0.129. The van der Waals surface area contributed by atoms with E-state index in [9.17, 15) is 23.1 Å². The first-order valence-corrected chi connectivity index (χ1v) is 12.1. The van der Waals surface area contributed by atoms with Crippen LogP contribution in [0.3, 0.4) is 0 Å². The summed E-state index contributed by atoms with van der Waals surface area (Å²) >= 11 is 0. The molecule has 38 heavy (non-hydrogen) atoms. The highest BCUT2D eigenvalue weighted by atomic mass is 19.4. The van der Waals surface area contributed by atoms with E-state index in [4.69, 9.17) is 9.15 Å². The summed E-state index contributed by atoms with van der Waals surface area (Å²) in [4.78, 5) is 19.1. The van der Waals surface area contributed by atoms with Crippen molar-refractivity contribution in [3.8, 4) is 34.0 Å².